The van der Waals surface area contributed by atoms with Crippen LogP contribution in [0.3, 0.4) is 0 Å². The van der Waals surface area contributed by atoms with E-state index >= 15 is 0 Å². The number of hydrogen-bond donors (Lipinski definition) is 0. The Balaban J connectivity index is 1.18. The molecule has 1 aromatic carbocycles. The van der Waals surface area contributed by atoms with Crippen molar-refractivity contribution in [2.24, 2.45) is 11.8 Å². The van der Waals surface area contributed by atoms with Crippen LogP contribution in [0.15, 0.2) is 48.9 Å². The quantitative estimate of drug-likeness (QED) is 0.444. The van der Waals surface area contributed by atoms with Crippen LogP contribution < -0.4 is 4.90 Å². The van der Waals surface area contributed by atoms with E-state index in [1.54, 1.807) is 0 Å². The Morgan fingerprint density at radius 1 is 1.14 bits per heavy atom. The number of ether oxygens (including phenoxy) is 1. The van der Waals surface area contributed by atoms with Crippen LogP contribution in [0.5, 0.6) is 0 Å². The third-order valence-electron chi connectivity index (χ3n) is 8.61. The van der Waals surface area contributed by atoms with Crippen molar-refractivity contribution in [2.45, 2.75) is 51.2 Å². The third-order valence-corrected chi connectivity index (χ3v) is 8.61. The normalized spacial score (nSPS) is 29.7. The number of hydrogen-bond acceptors (Lipinski definition) is 6. The van der Waals surface area contributed by atoms with Gasteiger partial charge in [0.15, 0.2) is 11.5 Å². The zero-order chi connectivity index (χ0) is 23.8. The average molecular weight is 470 g/mol. The molecule has 4 atom stereocenters. The van der Waals surface area contributed by atoms with Crippen molar-refractivity contribution in [3.63, 3.8) is 0 Å². The molecule has 180 valence electrons. The predicted octanol–water partition coefficient (Wildman–Crippen LogP) is 3.67. The van der Waals surface area contributed by atoms with Gasteiger partial charge in [0.1, 0.15) is 17.8 Å². The number of pyridine rings is 1. The maximum absolute atomic E-state index is 6.36. The second-order valence-electron chi connectivity index (χ2n) is 11.0. The van der Waals surface area contributed by atoms with E-state index in [4.69, 9.17) is 14.8 Å². The largest absolute Gasteiger partial charge is 0.369 e. The summed E-state index contributed by atoms with van der Waals surface area (Å²) in [4.78, 5) is 11.8. The fourth-order valence-corrected chi connectivity index (χ4v) is 6.54. The zero-order valence-electron chi connectivity index (χ0n) is 20.6. The molecule has 35 heavy (non-hydrogen) atoms. The van der Waals surface area contributed by atoms with Gasteiger partial charge in [-0.05, 0) is 49.8 Å². The van der Waals surface area contributed by atoms with Crippen molar-refractivity contribution in [3.05, 3.63) is 71.7 Å². The van der Waals surface area contributed by atoms with Gasteiger partial charge in [0.05, 0.1) is 18.5 Å². The highest BCUT2D eigenvalue weighted by molar-refractivity contribution is 5.58. The summed E-state index contributed by atoms with van der Waals surface area (Å²) >= 11 is 0. The number of nitrogens with zero attached hydrogens (tertiary/aromatic N) is 7. The van der Waals surface area contributed by atoms with Gasteiger partial charge in [-0.15, -0.1) is 5.10 Å². The molecule has 4 aromatic rings. The van der Waals surface area contributed by atoms with E-state index in [0.29, 0.717) is 11.8 Å². The first-order valence-corrected chi connectivity index (χ1v) is 12.6. The van der Waals surface area contributed by atoms with Gasteiger partial charge in [-0.25, -0.2) is 14.5 Å². The van der Waals surface area contributed by atoms with Crippen molar-refractivity contribution < 1.29 is 4.74 Å². The van der Waals surface area contributed by atoms with Crippen molar-refractivity contribution in [1.82, 2.24) is 29.4 Å². The summed E-state index contributed by atoms with van der Waals surface area (Å²) in [6.45, 7) is 10.0. The molecular weight excluding hydrogens is 438 g/mol. The Morgan fingerprint density at radius 3 is 2.77 bits per heavy atom. The number of anilines is 1. The summed E-state index contributed by atoms with van der Waals surface area (Å²) < 4.78 is 10.3. The van der Waals surface area contributed by atoms with Crippen LogP contribution in [0.25, 0.3) is 5.65 Å². The SMILES string of the molecule is Cc1ncn(CC2C3COC2(c2nc4c(C)cc(N5CC[C@](C)(c6ccccc6)C5)cn4n2)C3)n1. The Labute approximate surface area is 204 Å². The molecule has 8 heteroatoms. The summed E-state index contributed by atoms with van der Waals surface area (Å²) in [6, 6.07) is 13.1. The van der Waals surface area contributed by atoms with Crippen LogP contribution in [0.4, 0.5) is 5.69 Å². The lowest BCUT2D eigenvalue weighted by atomic mass is 9.63. The van der Waals surface area contributed by atoms with Gasteiger partial charge in [-0.2, -0.15) is 5.10 Å². The van der Waals surface area contributed by atoms with Crippen LogP contribution in [0.1, 0.15) is 42.5 Å². The van der Waals surface area contributed by atoms with Crippen molar-refractivity contribution in [1.29, 1.82) is 0 Å². The van der Waals surface area contributed by atoms with Crippen LogP contribution in [-0.2, 0) is 22.3 Å². The topological polar surface area (TPSA) is 73.4 Å². The smallest absolute Gasteiger partial charge is 0.183 e. The van der Waals surface area contributed by atoms with Crippen LogP contribution >= 0.6 is 0 Å². The summed E-state index contributed by atoms with van der Waals surface area (Å²) in [6.07, 6.45) is 6.08. The molecular formula is C27H31N7O. The Morgan fingerprint density at radius 2 is 2.00 bits per heavy atom. The third kappa shape index (κ3) is 3.15. The van der Waals surface area contributed by atoms with E-state index in [-0.39, 0.29) is 5.41 Å². The fraction of sp³-hybridized carbons (Fsp3) is 0.481. The van der Waals surface area contributed by atoms with Gasteiger partial charge in [0.2, 0.25) is 0 Å². The minimum absolute atomic E-state index is 0.155. The first-order valence-electron chi connectivity index (χ1n) is 12.6. The van der Waals surface area contributed by atoms with Crippen molar-refractivity contribution in [2.75, 3.05) is 24.6 Å². The number of rotatable bonds is 5. The lowest BCUT2D eigenvalue weighted by molar-refractivity contribution is -0.0724. The Bertz CT molecular complexity index is 1410. The molecule has 4 fully saturated rings. The van der Waals surface area contributed by atoms with E-state index in [0.717, 1.165) is 61.9 Å². The molecule has 0 radical (unpaired) electrons. The van der Waals surface area contributed by atoms with E-state index < -0.39 is 5.60 Å². The first-order chi connectivity index (χ1) is 16.9. The maximum Gasteiger partial charge on any atom is 0.183 e. The maximum atomic E-state index is 6.36. The molecule has 1 aliphatic carbocycles. The minimum Gasteiger partial charge on any atom is -0.369 e. The second-order valence-corrected chi connectivity index (χ2v) is 11.0. The second kappa shape index (κ2) is 7.37. The molecule has 3 aromatic heterocycles. The molecule has 3 aliphatic heterocycles. The van der Waals surface area contributed by atoms with Crippen molar-refractivity contribution in [3.8, 4) is 0 Å². The molecule has 8 nitrogen and oxygen atoms in total. The van der Waals surface area contributed by atoms with Gasteiger partial charge in [-0.1, -0.05) is 37.3 Å². The average Bonchev–Trinajstić information content (AvgIpc) is 3.66. The highest BCUT2D eigenvalue weighted by Gasteiger charge is 2.64. The molecule has 0 amide bonds. The summed E-state index contributed by atoms with van der Waals surface area (Å²) in [5, 5.41) is 9.50. The highest BCUT2D eigenvalue weighted by Crippen LogP contribution is 2.59. The highest BCUT2D eigenvalue weighted by atomic mass is 16.5. The standard InChI is InChI=1S/C27H31N7O/c1-18-11-22(32-10-9-26(3,16-32)21-7-5-4-6-8-21)13-34-24(18)29-25(31-34)27-12-20(15-35-27)23(27)14-33-17-28-19(2)30-33/h4-8,11,13,17,20,23H,9-10,12,14-16H2,1-3H3/t20?,23?,26-,27?/m0/s1. The molecule has 6 heterocycles. The Kier molecular flexibility index (Phi) is 4.43. The lowest BCUT2D eigenvalue weighted by Crippen LogP contribution is -2.48. The fourth-order valence-electron chi connectivity index (χ4n) is 6.54. The lowest BCUT2D eigenvalue weighted by Gasteiger charge is -2.42. The minimum atomic E-state index is -0.414. The molecule has 0 N–H and O–H groups in total. The van der Waals surface area contributed by atoms with Crippen molar-refractivity contribution >= 4 is 11.3 Å². The van der Waals surface area contributed by atoms with Gasteiger partial charge >= 0.3 is 0 Å². The number of fused-ring (bicyclic) bond motifs is 2. The molecule has 2 bridgehead atoms. The number of aromatic nitrogens is 6. The first kappa shape index (κ1) is 21.1. The summed E-state index contributed by atoms with van der Waals surface area (Å²) in [7, 11) is 0. The van der Waals surface area contributed by atoms with E-state index in [2.05, 4.69) is 71.4 Å². The van der Waals surface area contributed by atoms with Crippen LogP contribution in [0, 0.1) is 25.7 Å². The van der Waals surface area contributed by atoms with E-state index in [9.17, 15) is 0 Å². The van der Waals surface area contributed by atoms with Gasteiger partial charge in [-0.3, -0.25) is 4.68 Å². The number of benzene rings is 1. The van der Waals surface area contributed by atoms with E-state index in [1.165, 1.54) is 11.3 Å². The molecule has 8 rings (SSSR count). The predicted molar refractivity (Wildman–Crippen MR) is 132 cm³/mol. The summed E-state index contributed by atoms with van der Waals surface area (Å²) in [5.74, 6) is 2.46. The van der Waals surface area contributed by atoms with Crippen LogP contribution in [-0.4, -0.2) is 49.1 Å². The monoisotopic (exact) mass is 469 g/mol. The Hall–Kier alpha value is -3.26. The number of aryl methyl sites for hydroxylation is 2. The molecule has 1 saturated carbocycles. The van der Waals surface area contributed by atoms with Gasteiger partial charge in [0.25, 0.3) is 0 Å². The van der Waals surface area contributed by atoms with Gasteiger partial charge in [0, 0.05) is 31.0 Å². The molecule has 0 spiro atoms. The molecule has 3 unspecified atom stereocenters. The van der Waals surface area contributed by atoms with Gasteiger partial charge < -0.3 is 9.64 Å². The zero-order valence-corrected chi connectivity index (χ0v) is 20.6. The van der Waals surface area contributed by atoms with E-state index in [1.807, 2.05) is 22.4 Å². The van der Waals surface area contributed by atoms with Crippen LogP contribution in [0.2, 0.25) is 0 Å². The molecule has 3 saturated heterocycles. The molecule has 4 aliphatic rings. The summed E-state index contributed by atoms with van der Waals surface area (Å²) in [5.41, 5.74) is 4.41.